The van der Waals surface area contributed by atoms with Gasteiger partial charge in [0.15, 0.2) is 0 Å². The topological polar surface area (TPSA) is 118 Å². The molecular formula is C26H23F2IN5O3-. The molecular weight excluding hydrogens is 595 g/mol. The molecule has 192 valence electrons. The number of aromatic nitrogens is 5. The first kappa shape index (κ1) is 24.4. The average molecular weight is 618 g/mol. The Hall–Kier alpha value is -2.90. The van der Waals surface area contributed by atoms with Crippen molar-refractivity contribution < 1.29 is 44.6 Å². The average Bonchev–Trinajstić information content (AvgIpc) is 3.32. The van der Waals surface area contributed by atoms with Crippen LogP contribution in [0.5, 0.6) is 0 Å². The van der Waals surface area contributed by atoms with Crippen molar-refractivity contribution in [2.24, 2.45) is 5.41 Å². The van der Waals surface area contributed by atoms with E-state index in [1.165, 1.54) is 24.4 Å². The van der Waals surface area contributed by atoms with Crippen molar-refractivity contribution in [1.82, 2.24) is 25.1 Å². The zero-order valence-corrected chi connectivity index (χ0v) is 22.2. The SMILES string of the molecule is CC1(C)[C@H]2C[I-]C[C@]1(c1cncc(-c3nc(CO)c(CO)o3)n1)c1nnc(-c3c(F)cccc3F)cc12. The number of oxazole rings is 1. The minimum atomic E-state index is -0.675. The second-order valence-corrected chi connectivity index (χ2v) is 12.5. The summed E-state index contributed by atoms with van der Waals surface area (Å²) in [6.45, 7) is 3.59. The van der Waals surface area contributed by atoms with E-state index in [0.29, 0.717) is 11.4 Å². The predicted octanol–water partition coefficient (Wildman–Crippen LogP) is 0.364. The van der Waals surface area contributed by atoms with E-state index < -0.39 is 23.7 Å². The fourth-order valence-corrected chi connectivity index (χ4v) is 10.7. The van der Waals surface area contributed by atoms with E-state index in [-0.39, 0.29) is 67.7 Å². The number of hydrogen-bond acceptors (Lipinski definition) is 8. The Balaban J connectivity index is 1.52. The molecule has 1 aliphatic carbocycles. The monoisotopic (exact) mass is 618 g/mol. The third-order valence-electron chi connectivity index (χ3n) is 7.71. The summed E-state index contributed by atoms with van der Waals surface area (Å²) in [5.74, 6) is -0.885. The Morgan fingerprint density at radius 2 is 1.84 bits per heavy atom. The minimum absolute atomic E-state index is 0.127. The van der Waals surface area contributed by atoms with Gasteiger partial charge in [-0.2, -0.15) is 0 Å². The molecule has 0 radical (unpaired) electrons. The number of benzene rings is 1. The summed E-state index contributed by atoms with van der Waals surface area (Å²) in [6, 6.07) is 5.56. The number of fused-ring (bicyclic) bond motifs is 5. The Bertz CT molecular complexity index is 1490. The van der Waals surface area contributed by atoms with Crippen LogP contribution in [0.25, 0.3) is 22.8 Å². The van der Waals surface area contributed by atoms with Crippen LogP contribution in [0.3, 0.4) is 0 Å². The Labute approximate surface area is 221 Å². The van der Waals surface area contributed by atoms with Crippen molar-refractivity contribution in [3.63, 3.8) is 0 Å². The van der Waals surface area contributed by atoms with Gasteiger partial charge in [-0.1, -0.05) is 0 Å². The Morgan fingerprint density at radius 1 is 1.05 bits per heavy atom. The van der Waals surface area contributed by atoms with Crippen LogP contribution < -0.4 is 21.2 Å². The molecule has 2 bridgehead atoms. The zero-order chi connectivity index (χ0) is 25.9. The van der Waals surface area contributed by atoms with Crippen molar-refractivity contribution in [1.29, 1.82) is 0 Å². The van der Waals surface area contributed by atoms with Crippen LogP contribution in [-0.2, 0) is 18.6 Å². The van der Waals surface area contributed by atoms with Crippen molar-refractivity contribution in [2.75, 3.05) is 8.86 Å². The zero-order valence-electron chi connectivity index (χ0n) is 20.0. The summed E-state index contributed by atoms with van der Waals surface area (Å²) in [4.78, 5) is 13.6. The first-order valence-corrected chi connectivity index (χ1v) is 14.8. The molecule has 2 aliphatic rings. The number of nitrogens with zero attached hydrogens (tertiary/aromatic N) is 5. The quantitative estimate of drug-likeness (QED) is 0.244. The van der Waals surface area contributed by atoms with Crippen LogP contribution in [-0.4, -0.2) is 44.2 Å². The summed E-state index contributed by atoms with van der Waals surface area (Å²) in [6.07, 6.45) is 3.25. The van der Waals surface area contributed by atoms with Gasteiger partial charge in [0, 0.05) is 0 Å². The van der Waals surface area contributed by atoms with Gasteiger partial charge in [0.25, 0.3) is 0 Å². The van der Waals surface area contributed by atoms with Gasteiger partial charge in [0.2, 0.25) is 0 Å². The molecule has 3 aromatic heterocycles. The van der Waals surface area contributed by atoms with Crippen LogP contribution in [0, 0.1) is 17.0 Å². The summed E-state index contributed by atoms with van der Waals surface area (Å²) in [5.41, 5.74) is 2.14. The van der Waals surface area contributed by atoms with Gasteiger partial charge in [0.1, 0.15) is 0 Å². The fraction of sp³-hybridized carbons (Fsp3) is 0.346. The molecule has 4 heterocycles. The molecule has 6 rings (SSSR count). The number of rotatable bonds is 5. The van der Waals surface area contributed by atoms with E-state index in [4.69, 9.17) is 9.40 Å². The normalized spacial score (nSPS) is 21.9. The van der Waals surface area contributed by atoms with E-state index in [0.717, 1.165) is 20.1 Å². The van der Waals surface area contributed by atoms with Crippen molar-refractivity contribution >= 4 is 0 Å². The van der Waals surface area contributed by atoms with E-state index in [2.05, 4.69) is 34.0 Å². The van der Waals surface area contributed by atoms with Crippen LogP contribution >= 0.6 is 0 Å². The number of alkyl halides is 2. The van der Waals surface area contributed by atoms with Gasteiger partial charge in [0.05, 0.1) is 0 Å². The molecule has 1 saturated heterocycles. The molecule has 1 aromatic carbocycles. The Morgan fingerprint density at radius 3 is 2.54 bits per heavy atom. The maximum atomic E-state index is 14.6. The molecule has 2 atom stereocenters. The van der Waals surface area contributed by atoms with Crippen LogP contribution in [0.15, 0.2) is 41.1 Å². The van der Waals surface area contributed by atoms with Gasteiger partial charge >= 0.3 is 222 Å². The molecule has 0 saturated carbocycles. The van der Waals surface area contributed by atoms with Gasteiger partial charge < -0.3 is 0 Å². The molecule has 2 N–H and O–H groups in total. The first-order chi connectivity index (χ1) is 17.8. The van der Waals surface area contributed by atoms with Gasteiger partial charge in [-0.3, -0.25) is 0 Å². The molecule has 1 fully saturated rings. The van der Waals surface area contributed by atoms with E-state index in [1.807, 2.05) is 0 Å². The first-order valence-electron chi connectivity index (χ1n) is 11.7. The van der Waals surface area contributed by atoms with E-state index in [9.17, 15) is 19.0 Å². The molecule has 4 aromatic rings. The van der Waals surface area contributed by atoms with E-state index in [1.54, 1.807) is 12.3 Å². The molecule has 0 spiro atoms. The van der Waals surface area contributed by atoms with Crippen molar-refractivity contribution in [3.8, 4) is 22.8 Å². The second kappa shape index (κ2) is 8.84. The van der Waals surface area contributed by atoms with Crippen molar-refractivity contribution in [3.05, 3.63) is 76.7 Å². The standard InChI is InChI=1S/C26H23F2IN5O3/c1-25(2)14-7-29-12-26(25,21-9-30-8-18(31-21)24-32-19(10-35)20(11-36)37-24)23-13(14)6-17(33-34-23)22-15(27)4-3-5-16(22)28/h3-6,8-9,14,35-36H,7,10-12H2,1-2H3/q-1/t14-,26-/m0/s1. The molecule has 0 amide bonds. The third-order valence-corrected chi connectivity index (χ3v) is 10.9. The molecule has 1 aliphatic heterocycles. The number of halogens is 3. The summed E-state index contributed by atoms with van der Waals surface area (Å²) in [5, 5.41) is 28.0. The van der Waals surface area contributed by atoms with Gasteiger partial charge in [-0.15, -0.1) is 0 Å². The summed E-state index contributed by atoms with van der Waals surface area (Å²) < 4.78 is 36.7. The predicted molar refractivity (Wildman–Crippen MR) is 124 cm³/mol. The van der Waals surface area contributed by atoms with Gasteiger partial charge in [-0.05, 0) is 0 Å². The van der Waals surface area contributed by atoms with Crippen molar-refractivity contribution in [2.45, 2.75) is 38.4 Å². The second-order valence-electron chi connectivity index (χ2n) is 9.78. The number of aliphatic hydroxyl groups excluding tert-OH is 2. The van der Waals surface area contributed by atoms with Crippen LogP contribution in [0.4, 0.5) is 8.78 Å². The third kappa shape index (κ3) is 3.47. The molecule has 0 unspecified atom stereocenters. The molecule has 11 heteroatoms. The van der Waals surface area contributed by atoms with Crippen LogP contribution in [0.1, 0.15) is 48.2 Å². The summed E-state index contributed by atoms with van der Waals surface area (Å²) >= 11 is -0.225. The number of aliphatic hydroxyl groups is 2. The van der Waals surface area contributed by atoms with Gasteiger partial charge in [-0.25, -0.2) is 0 Å². The fourth-order valence-electron chi connectivity index (χ4n) is 5.61. The molecule has 37 heavy (non-hydrogen) atoms. The maximum absolute atomic E-state index is 14.6. The van der Waals surface area contributed by atoms with Crippen LogP contribution in [0.2, 0.25) is 0 Å². The van der Waals surface area contributed by atoms with E-state index >= 15 is 0 Å². The Kier molecular flexibility index (Phi) is 5.84. The summed E-state index contributed by atoms with van der Waals surface area (Å²) in [7, 11) is 0. The molecule has 8 nitrogen and oxygen atoms in total. The number of hydrogen-bond donors (Lipinski definition) is 2.